The van der Waals surface area contributed by atoms with E-state index in [2.05, 4.69) is 0 Å². The highest BCUT2D eigenvalue weighted by Gasteiger charge is 2.31. The van der Waals surface area contributed by atoms with E-state index in [0.29, 0.717) is 16.5 Å². The summed E-state index contributed by atoms with van der Waals surface area (Å²) in [6.45, 7) is 1.69. The van der Waals surface area contributed by atoms with Gasteiger partial charge in [-0.3, -0.25) is 0 Å². The van der Waals surface area contributed by atoms with Crippen LogP contribution in [0.5, 0.6) is 0 Å². The normalized spacial score (nSPS) is 14.3. The van der Waals surface area contributed by atoms with E-state index in [0.717, 1.165) is 12.1 Å². The molecule has 0 aliphatic heterocycles. The Kier molecular flexibility index (Phi) is 2.62. The molecule has 5 heteroatoms. The van der Waals surface area contributed by atoms with Gasteiger partial charge in [0.2, 0.25) is 0 Å². The van der Waals surface area contributed by atoms with Crippen molar-refractivity contribution < 1.29 is 17.6 Å². The first kappa shape index (κ1) is 11.3. The fraction of sp³-hybridized carbons (Fsp3) is 0.273. The van der Waals surface area contributed by atoms with E-state index < -0.39 is 11.7 Å². The van der Waals surface area contributed by atoms with Crippen molar-refractivity contribution in [2.75, 3.05) is 0 Å². The lowest BCUT2D eigenvalue weighted by atomic mass is 10.1. The molecule has 1 heterocycles. The number of fused-ring (bicyclic) bond motifs is 1. The Morgan fingerprint density at radius 3 is 2.56 bits per heavy atom. The summed E-state index contributed by atoms with van der Waals surface area (Å²) in [6.07, 6.45) is -2.96. The van der Waals surface area contributed by atoms with Crippen LogP contribution in [0.4, 0.5) is 13.2 Å². The monoisotopic (exact) mass is 248 g/mol. The second-order valence-corrected chi connectivity index (χ2v) is 4.17. The van der Waals surface area contributed by atoms with Gasteiger partial charge in [-0.05, 0) is 25.1 Å². The van der Waals surface area contributed by atoms with Crippen molar-refractivity contribution in [3.63, 3.8) is 0 Å². The van der Waals surface area contributed by atoms with Gasteiger partial charge in [-0.1, -0.05) is 0 Å². The molecule has 0 radical (unpaired) electrons. The minimum atomic E-state index is -4.35. The SMILES string of the molecule is CC(Cl)c1coc2ccc(C(F)(F)F)cc12. The van der Waals surface area contributed by atoms with Crippen LogP contribution in [0.15, 0.2) is 28.9 Å². The molecule has 0 saturated carbocycles. The zero-order valence-electron chi connectivity index (χ0n) is 8.31. The molecule has 1 atom stereocenters. The van der Waals surface area contributed by atoms with Gasteiger partial charge in [-0.2, -0.15) is 13.2 Å². The van der Waals surface area contributed by atoms with Crippen LogP contribution in [-0.2, 0) is 6.18 Å². The summed E-state index contributed by atoms with van der Waals surface area (Å²) in [7, 11) is 0. The Morgan fingerprint density at radius 2 is 2.00 bits per heavy atom. The molecule has 0 aliphatic carbocycles. The Labute approximate surface area is 94.8 Å². The molecule has 16 heavy (non-hydrogen) atoms. The molecule has 1 unspecified atom stereocenters. The molecule has 0 bridgehead atoms. The van der Waals surface area contributed by atoms with Crippen molar-refractivity contribution in [2.45, 2.75) is 18.5 Å². The third-order valence-electron chi connectivity index (χ3n) is 2.36. The average molecular weight is 249 g/mol. The van der Waals surface area contributed by atoms with Crippen molar-refractivity contribution in [1.29, 1.82) is 0 Å². The third-order valence-corrected chi connectivity index (χ3v) is 2.59. The number of halogens is 4. The lowest BCUT2D eigenvalue weighted by Crippen LogP contribution is -2.04. The fourth-order valence-corrected chi connectivity index (χ4v) is 1.70. The molecule has 1 aromatic carbocycles. The minimum absolute atomic E-state index is 0.385. The predicted octanol–water partition coefficient (Wildman–Crippen LogP) is 4.75. The number of furan rings is 1. The van der Waals surface area contributed by atoms with Crippen LogP contribution in [0.3, 0.4) is 0 Å². The van der Waals surface area contributed by atoms with Gasteiger partial charge in [0.25, 0.3) is 0 Å². The topological polar surface area (TPSA) is 13.1 Å². The largest absolute Gasteiger partial charge is 0.464 e. The van der Waals surface area contributed by atoms with Gasteiger partial charge in [0.15, 0.2) is 0 Å². The molecule has 0 aliphatic rings. The fourth-order valence-electron chi connectivity index (χ4n) is 1.53. The first-order valence-electron chi connectivity index (χ1n) is 4.62. The number of rotatable bonds is 1. The highest BCUT2D eigenvalue weighted by Crippen LogP contribution is 2.35. The highest BCUT2D eigenvalue weighted by atomic mass is 35.5. The molecule has 1 nitrogen and oxygen atoms in total. The van der Waals surface area contributed by atoms with Gasteiger partial charge in [-0.25, -0.2) is 0 Å². The van der Waals surface area contributed by atoms with Crippen LogP contribution in [0.2, 0.25) is 0 Å². The van der Waals surface area contributed by atoms with E-state index in [1.165, 1.54) is 12.3 Å². The summed E-state index contributed by atoms with van der Waals surface area (Å²) < 4.78 is 42.6. The van der Waals surface area contributed by atoms with Crippen molar-refractivity contribution >= 4 is 22.6 Å². The molecule has 2 rings (SSSR count). The van der Waals surface area contributed by atoms with E-state index in [4.69, 9.17) is 16.0 Å². The number of hydrogen-bond acceptors (Lipinski definition) is 1. The zero-order valence-corrected chi connectivity index (χ0v) is 9.06. The van der Waals surface area contributed by atoms with E-state index in [9.17, 15) is 13.2 Å². The van der Waals surface area contributed by atoms with Crippen LogP contribution in [0, 0.1) is 0 Å². The molecule has 0 N–H and O–H groups in total. The van der Waals surface area contributed by atoms with Crippen molar-refractivity contribution in [3.05, 3.63) is 35.6 Å². The van der Waals surface area contributed by atoms with Crippen LogP contribution < -0.4 is 0 Å². The summed E-state index contributed by atoms with van der Waals surface area (Å²) in [4.78, 5) is 0. The molecule has 0 fully saturated rings. The molecule has 0 spiro atoms. The second-order valence-electron chi connectivity index (χ2n) is 3.52. The molecule has 86 valence electrons. The van der Waals surface area contributed by atoms with Gasteiger partial charge in [-0.15, -0.1) is 11.6 Å². The maximum absolute atomic E-state index is 12.5. The smallest absolute Gasteiger partial charge is 0.416 e. The molecule has 1 aromatic heterocycles. The number of alkyl halides is 4. The third kappa shape index (κ3) is 1.89. The first-order valence-corrected chi connectivity index (χ1v) is 5.05. The molecular formula is C11H8ClF3O. The summed E-state index contributed by atoms with van der Waals surface area (Å²) in [5.74, 6) is 0. The number of hydrogen-bond donors (Lipinski definition) is 0. The van der Waals surface area contributed by atoms with Gasteiger partial charge in [0, 0.05) is 10.9 Å². The maximum Gasteiger partial charge on any atom is 0.416 e. The van der Waals surface area contributed by atoms with Gasteiger partial charge in [0.05, 0.1) is 17.2 Å². The van der Waals surface area contributed by atoms with E-state index >= 15 is 0 Å². The first-order chi connectivity index (χ1) is 7.39. The summed E-state index contributed by atoms with van der Waals surface area (Å²) in [6, 6.07) is 3.36. The van der Waals surface area contributed by atoms with Crippen molar-refractivity contribution in [1.82, 2.24) is 0 Å². The predicted molar refractivity (Wildman–Crippen MR) is 55.5 cm³/mol. The number of benzene rings is 1. The lowest BCUT2D eigenvalue weighted by molar-refractivity contribution is -0.137. The molecular weight excluding hydrogens is 241 g/mol. The minimum Gasteiger partial charge on any atom is -0.464 e. The molecule has 0 saturated heterocycles. The quantitative estimate of drug-likeness (QED) is 0.664. The molecule has 2 aromatic rings. The van der Waals surface area contributed by atoms with E-state index in [1.807, 2.05) is 0 Å². The lowest BCUT2D eigenvalue weighted by Gasteiger charge is -2.06. The van der Waals surface area contributed by atoms with Crippen LogP contribution in [0.25, 0.3) is 11.0 Å². The van der Waals surface area contributed by atoms with E-state index in [1.54, 1.807) is 6.92 Å². The summed E-state index contributed by atoms with van der Waals surface area (Å²) in [5, 5.41) is 0.0297. The van der Waals surface area contributed by atoms with Crippen LogP contribution in [-0.4, -0.2) is 0 Å². The summed E-state index contributed by atoms with van der Waals surface area (Å²) >= 11 is 5.85. The van der Waals surface area contributed by atoms with E-state index in [-0.39, 0.29) is 5.38 Å². The highest BCUT2D eigenvalue weighted by molar-refractivity contribution is 6.21. The maximum atomic E-state index is 12.5. The van der Waals surface area contributed by atoms with Crippen LogP contribution >= 0.6 is 11.6 Å². The van der Waals surface area contributed by atoms with Crippen molar-refractivity contribution in [2.24, 2.45) is 0 Å². The standard InChI is InChI=1S/C11H8ClF3O/c1-6(12)9-5-16-10-3-2-7(4-8(9)10)11(13,14)15/h2-6H,1H3. The Bertz CT molecular complexity index is 513. The Hall–Kier alpha value is -1.16. The Balaban J connectivity index is 2.63. The summed E-state index contributed by atoms with van der Waals surface area (Å²) in [5.41, 5.74) is 0.290. The second kappa shape index (κ2) is 3.70. The zero-order chi connectivity index (χ0) is 11.9. The van der Waals surface area contributed by atoms with Gasteiger partial charge >= 0.3 is 6.18 Å². The van der Waals surface area contributed by atoms with Gasteiger partial charge < -0.3 is 4.42 Å². The van der Waals surface area contributed by atoms with Crippen molar-refractivity contribution in [3.8, 4) is 0 Å². The van der Waals surface area contributed by atoms with Gasteiger partial charge in [0.1, 0.15) is 5.58 Å². The van der Waals surface area contributed by atoms with Crippen LogP contribution in [0.1, 0.15) is 23.4 Å². The Morgan fingerprint density at radius 1 is 1.31 bits per heavy atom. The average Bonchev–Trinajstić information content (AvgIpc) is 2.58. The molecule has 0 amide bonds.